The summed E-state index contributed by atoms with van der Waals surface area (Å²) in [7, 11) is 0. The molecule has 0 saturated heterocycles. The van der Waals surface area contributed by atoms with E-state index in [1.165, 1.54) is 0 Å². The summed E-state index contributed by atoms with van der Waals surface area (Å²) >= 11 is 9.78. The second-order valence-electron chi connectivity index (χ2n) is 4.76. The minimum atomic E-state index is -0.191. The van der Waals surface area contributed by atoms with Crippen LogP contribution in [0.25, 0.3) is 16.9 Å². The van der Waals surface area contributed by atoms with Gasteiger partial charge in [0.05, 0.1) is 11.1 Å². The lowest BCUT2D eigenvalue weighted by Gasteiger charge is -2.10. The zero-order valence-corrected chi connectivity index (χ0v) is 13.5. The Morgan fingerprint density at radius 3 is 2.80 bits per heavy atom. The fourth-order valence-electron chi connectivity index (χ4n) is 2.22. The first-order valence-electron chi connectivity index (χ1n) is 6.31. The molecule has 3 rings (SSSR count). The van der Waals surface area contributed by atoms with Gasteiger partial charge in [-0.3, -0.25) is 4.57 Å². The van der Waals surface area contributed by atoms with Gasteiger partial charge < -0.3 is 0 Å². The predicted molar refractivity (Wildman–Crippen MR) is 85.6 cm³/mol. The van der Waals surface area contributed by atoms with Gasteiger partial charge in [-0.15, -0.1) is 11.6 Å². The Kier molecular flexibility index (Phi) is 3.52. The van der Waals surface area contributed by atoms with E-state index in [4.69, 9.17) is 11.6 Å². The molecule has 0 aliphatic rings. The highest BCUT2D eigenvalue weighted by molar-refractivity contribution is 9.10. The summed E-state index contributed by atoms with van der Waals surface area (Å²) < 4.78 is 3.02. The van der Waals surface area contributed by atoms with E-state index in [-0.39, 0.29) is 5.38 Å². The lowest BCUT2D eigenvalue weighted by atomic mass is 10.3. The van der Waals surface area contributed by atoms with Crippen LogP contribution in [0, 0.1) is 6.92 Å². The van der Waals surface area contributed by atoms with Crippen LogP contribution in [0.15, 0.2) is 41.0 Å². The van der Waals surface area contributed by atoms with Crippen molar-refractivity contribution in [3.63, 3.8) is 0 Å². The third kappa shape index (κ3) is 2.34. The maximum Gasteiger partial charge on any atom is 0.164 e. The molecule has 0 amide bonds. The number of aryl methyl sites for hydroxylation is 1. The van der Waals surface area contributed by atoms with Crippen LogP contribution in [-0.4, -0.2) is 14.5 Å². The van der Waals surface area contributed by atoms with Crippen molar-refractivity contribution in [3.05, 3.63) is 52.4 Å². The molecular formula is C15H13BrClN3. The van der Waals surface area contributed by atoms with Gasteiger partial charge in [-0.25, -0.2) is 9.97 Å². The van der Waals surface area contributed by atoms with Crippen molar-refractivity contribution in [2.24, 2.45) is 0 Å². The predicted octanol–water partition coefficient (Wildman–Crippen LogP) is 4.79. The molecule has 1 aromatic carbocycles. The van der Waals surface area contributed by atoms with Gasteiger partial charge in [0, 0.05) is 10.7 Å². The van der Waals surface area contributed by atoms with Crippen LogP contribution >= 0.6 is 27.5 Å². The quantitative estimate of drug-likeness (QED) is 0.622. The maximum atomic E-state index is 6.29. The summed E-state index contributed by atoms with van der Waals surface area (Å²) in [6.45, 7) is 3.93. The number of pyridine rings is 1. The summed E-state index contributed by atoms with van der Waals surface area (Å²) in [5.41, 5.74) is 3.79. The molecule has 1 unspecified atom stereocenters. The number of aromatic nitrogens is 3. The summed E-state index contributed by atoms with van der Waals surface area (Å²) in [4.78, 5) is 9.15. The standard InChI is InChI=1S/C15H13BrClN3/c1-9-6-13-15(18-8-9)20(14(19-13)10(2)17)12-5-3-4-11(16)7-12/h3-8,10H,1-2H3. The minimum Gasteiger partial charge on any atom is -0.279 e. The van der Waals surface area contributed by atoms with Crippen molar-refractivity contribution in [3.8, 4) is 5.69 Å². The number of halogens is 2. The molecule has 20 heavy (non-hydrogen) atoms. The summed E-state index contributed by atoms with van der Waals surface area (Å²) in [6.07, 6.45) is 1.85. The van der Waals surface area contributed by atoms with Crippen LogP contribution in [0.5, 0.6) is 0 Å². The normalized spacial score (nSPS) is 12.8. The third-order valence-electron chi connectivity index (χ3n) is 3.08. The SMILES string of the molecule is Cc1cnc2c(c1)nc(C(C)Cl)n2-c1cccc(Br)c1. The van der Waals surface area contributed by atoms with Crippen molar-refractivity contribution in [2.75, 3.05) is 0 Å². The number of fused-ring (bicyclic) bond motifs is 1. The lowest BCUT2D eigenvalue weighted by Crippen LogP contribution is -2.02. The Morgan fingerprint density at radius 1 is 1.30 bits per heavy atom. The van der Waals surface area contributed by atoms with Crippen LogP contribution in [-0.2, 0) is 0 Å². The average molecular weight is 351 g/mol. The molecule has 102 valence electrons. The molecule has 0 N–H and O–H groups in total. The second-order valence-corrected chi connectivity index (χ2v) is 6.33. The van der Waals surface area contributed by atoms with Crippen LogP contribution in [0.2, 0.25) is 0 Å². The van der Waals surface area contributed by atoms with Crippen LogP contribution in [0.1, 0.15) is 23.7 Å². The van der Waals surface area contributed by atoms with E-state index >= 15 is 0 Å². The van der Waals surface area contributed by atoms with Gasteiger partial charge in [0.15, 0.2) is 5.65 Å². The molecule has 0 aliphatic carbocycles. The lowest BCUT2D eigenvalue weighted by molar-refractivity contribution is 0.876. The molecular weight excluding hydrogens is 338 g/mol. The van der Waals surface area contributed by atoms with E-state index in [1.807, 2.05) is 54.9 Å². The Labute approximate surface area is 130 Å². The first-order valence-corrected chi connectivity index (χ1v) is 7.54. The van der Waals surface area contributed by atoms with Gasteiger partial charge in [0.25, 0.3) is 0 Å². The first-order chi connectivity index (χ1) is 9.56. The van der Waals surface area contributed by atoms with E-state index < -0.39 is 0 Å². The fraction of sp³-hybridized carbons (Fsp3) is 0.200. The van der Waals surface area contributed by atoms with E-state index in [2.05, 4.69) is 25.9 Å². The summed E-state index contributed by atoms with van der Waals surface area (Å²) in [6, 6.07) is 10.1. The van der Waals surface area contributed by atoms with Gasteiger partial charge in [-0.1, -0.05) is 22.0 Å². The van der Waals surface area contributed by atoms with Crippen LogP contribution in [0.3, 0.4) is 0 Å². The van der Waals surface area contributed by atoms with Gasteiger partial charge in [0.2, 0.25) is 0 Å². The minimum absolute atomic E-state index is 0.191. The monoisotopic (exact) mass is 349 g/mol. The Balaban J connectivity index is 2.34. The van der Waals surface area contributed by atoms with Gasteiger partial charge in [-0.05, 0) is 43.7 Å². The Morgan fingerprint density at radius 2 is 2.10 bits per heavy atom. The third-order valence-corrected chi connectivity index (χ3v) is 3.77. The first kappa shape index (κ1) is 13.6. The van der Waals surface area contributed by atoms with Crippen molar-refractivity contribution in [1.82, 2.24) is 14.5 Å². The van der Waals surface area contributed by atoms with E-state index in [0.29, 0.717) is 0 Å². The molecule has 0 fully saturated rings. The molecule has 3 nitrogen and oxygen atoms in total. The number of nitrogens with zero attached hydrogens (tertiary/aromatic N) is 3. The molecule has 0 aliphatic heterocycles. The van der Waals surface area contributed by atoms with Gasteiger partial charge >= 0.3 is 0 Å². The van der Waals surface area contributed by atoms with Crippen molar-refractivity contribution in [1.29, 1.82) is 0 Å². The number of rotatable bonds is 2. The molecule has 2 heterocycles. The topological polar surface area (TPSA) is 30.7 Å². The average Bonchev–Trinajstić information content (AvgIpc) is 2.77. The smallest absolute Gasteiger partial charge is 0.164 e. The number of alkyl halides is 1. The molecule has 0 spiro atoms. The highest BCUT2D eigenvalue weighted by atomic mass is 79.9. The molecule has 3 aromatic rings. The summed E-state index contributed by atoms with van der Waals surface area (Å²) in [5.74, 6) is 0.804. The molecule has 0 radical (unpaired) electrons. The highest BCUT2D eigenvalue weighted by Gasteiger charge is 2.17. The zero-order valence-electron chi connectivity index (χ0n) is 11.1. The number of imidazole rings is 1. The van der Waals surface area contributed by atoms with Crippen LogP contribution < -0.4 is 0 Å². The van der Waals surface area contributed by atoms with Crippen molar-refractivity contribution < 1.29 is 0 Å². The number of hydrogen-bond acceptors (Lipinski definition) is 2. The van der Waals surface area contributed by atoms with E-state index in [9.17, 15) is 0 Å². The van der Waals surface area contributed by atoms with Gasteiger partial charge in [0.1, 0.15) is 11.3 Å². The van der Waals surface area contributed by atoms with Crippen molar-refractivity contribution in [2.45, 2.75) is 19.2 Å². The van der Waals surface area contributed by atoms with Crippen molar-refractivity contribution >= 4 is 38.7 Å². The maximum absolute atomic E-state index is 6.29. The molecule has 5 heteroatoms. The Bertz CT molecular complexity index is 780. The second kappa shape index (κ2) is 5.19. The number of benzene rings is 1. The summed E-state index contributed by atoms with van der Waals surface area (Å²) in [5, 5.41) is -0.191. The molecule has 1 atom stereocenters. The number of hydrogen-bond donors (Lipinski definition) is 0. The largest absolute Gasteiger partial charge is 0.279 e. The zero-order chi connectivity index (χ0) is 14.3. The van der Waals surface area contributed by atoms with Gasteiger partial charge in [-0.2, -0.15) is 0 Å². The molecule has 0 saturated carbocycles. The fourth-order valence-corrected chi connectivity index (χ4v) is 2.75. The highest BCUT2D eigenvalue weighted by Crippen LogP contribution is 2.28. The molecule has 2 aromatic heterocycles. The van der Waals surface area contributed by atoms with Crippen LogP contribution in [0.4, 0.5) is 0 Å². The van der Waals surface area contributed by atoms with E-state index in [0.717, 1.165) is 32.7 Å². The van der Waals surface area contributed by atoms with E-state index in [1.54, 1.807) is 0 Å². The molecule has 0 bridgehead atoms. The Hall–Kier alpha value is -1.39.